The molecular weight excluding hydrogens is 356 g/mol. The summed E-state index contributed by atoms with van der Waals surface area (Å²) in [5, 5.41) is 3.23. The summed E-state index contributed by atoms with van der Waals surface area (Å²) in [6, 6.07) is 0. The SMILES string of the molecule is COCC(C)CCOC(C)(C)C(=O)NCCCC(=O)ON1C(=O)CCC1=O. The number of rotatable bonds is 12. The highest BCUT2D eigenvalue weighted by Crippen LogP contribution is 2.14. The molecule has 1 saturated heterocycles. The van der Waals surface area contributed by atoms with Gasteiger partial charge < -0.3 is 19.6 Å². The van der Waals surface area contributed by atoms with Crippen molar-refractivity contribution >= 4 is 23.7 Å². The predicted molar refractivity (Wildman–Crippen MR) is 95.1 cm³/mol. The van der Waals surface area contributed by atoms with Crippen molar-refractivity contribution in [2.24, 2.45) is 5.92 Å². The van der Waals surface area contributed by atoms with E-state index in [-0.39, 0.29) is 31.7 Å². The van der Waals surface area contributed by atoms with Crippen molar-refractivity contribution in [3.8, 4) is 0 Å². The fourth-order valence-electron chi connectivity index (χ4n) is 2.40. The molecule has 1 aliphatic heterocycles. The lowest BCUT2D eigenvalue weighted by atomic mass is 10.1. The first kappa shape index (κ1) is 23.0. The monoisotopic (exact) mass is 386 g/mol. The van der Waals surface area contributed by atoms with E-state index < -0.39 is 23.4 Å². The highest BCUT2D eigenvalue weighted by molar-refractivity contribution is 6.01. The van der Waals surface area contributed by atoms with E-state index in [0.29, 0.717) is 30.6 Å². The third kappa shape index (κ3) is 8.04. The third-order valence-corrected chi connectivity index (χ3v) is 4.11. The van der Waals surface area contributed by atoms with Crippen LogP contribution in [0.15, 0.2) is 0 Å². The average Bonchev–Trinajstić information content (AvgIpc) is 2.90. The normalized spacial score (nSPS) is 15.8. The number of nitrogens with zero attached hydrogens (tertiary/aromatic N) is 1. The van der Waals surface area contributed by atoms with Gasteiger partial charge in [-0.25, -0.2) is 4.79 Å². The molecule has 154 valence electrons. The summed E-state index contributed by atoms with van der Waals surface area (Å²) in [5.74, 6) is -1.65. The summed E-state index contributed by atoms with van der Waals surface area (Å²) < 4.78 is 10.7. The van der Waals surface area contributed by atoms with Crippen LogP contribution in [-0.2, 0) is 33.5 Å². The zero-order valence-corrected chi connectivity index (χ0v) is 16.5. The Labute approximate surface area is 159 Å². The maximum absolute atomic E-state index is 12.2. The van der Waals surface area contributed by atoms with Crippen molar-refractivity contribution in [3.63, 3.8) is 0 Å². The third-order valence-electron chi connectivity index (χ3n) is 4.11. The van der Waals surface area contributed by atoms with Crippen LogP contribution in [0.2, 0.25) is 0 Å². The molecule has 0 radical (unpaired) electrons. The minimum absolute atomic E-state index is 0.0207. The molecule has 9 heteroatoms. The molecule has 0 bridgehead atoms. The van der Waals surface area contributed by atoms with Gasteiger partial charge in [0.05, 0.1) is 0 Å². The lowest BCUT2D eigenvalue weighted by Crippen LogP contribution is -2.45. The molecule has 1 atom stereocenters. The minimum Gasteiger partial charge on any atom is -0.384 e. The first-order chi connectivity index (χ1) is 12.7. The van der Waals surface area contributed by atoms with Gasteiger partial charge >= 0.3 is 5.97 Å². The van der Waals surface area contributed by atoms with E-state index >= 15 is 0 Å². The van der Waals surface area contributed by atoms with Crippen LogP contribution in [0.5, 0.6) is 0 Å². The number of nitrogens with one attached hydrogen (secondary N) is 1. The summed E-state index contributed by atoms with van der Waals surface area (Å²) in [7, 11) is 1.64. The van der Waals surface area contributed by atoms with Gasteiger partial charge in [0, 0.05) is 46.1 Å². The second-order valence-electron chi connectivity index (χ2n) is 7.11. The molecule has 1 fully saturated rings. The van der Waals surface area contributed by atoms with Gasteiger partial charge in [0.15, 0.2) is 0 Å². The van der Waals surface area contributed by atoms with Crippen molar-refractivity contribution in [1.29, 1.82) is 0 Å². The van der Waals surface area contributed by atoms with Gasteiger partial charge in [-0.2, -0.15) is 0 Å². The summed E-state index contributed by atoms with van der Waals surface area (Å²) in [6.07, 6.45) is 1.20. The van der Waals surface area contributed by atoms with Crippen LogP contribution in [-0.4, -0.2) is 61.2 Å². The molecule has 27 heavy (non-hydrogen) atoms. The van der Waals surface area contributed by atoms with Crippen molar-refractivity contribution < 1.29 is 33.5 Å². The van der Waals surface area contributed by atoms with Crippen LogP contribution >= 0.6 is 0 Å². The Morgan fingerprint density at radius 1 is 1.22 bits per heavy atom. The number of hydroxylamine groups is 2. The lowest BCUT2D eigenvalue weighted by Gasteiger charge is -2.25. The maximum atomic E-state index is 12.2. The van der Waals surface area contributed by atoms with Crippen molar-refractivity contribution in [1.82, 2.24) is 10.4 Å². The Hall–Kier alpha value is -2.00. The number of ether oxygens (including phenoxy) is 2. The zero-order valence-electron chi connectivity index (χ0n) is 16.5. The van der Waals surface area contributed by atoms with Crippen LogP contribution in [0.25, 0.3) is 0 Å². The summed E-state index contributed by atoms with van der Waals surface area (Å²) >= 11 is 0. The van der Waals surface area contributed by atoms with E-state index in [1.807, 2.05) is 6.92 Å². The van der Waals surface area contributed by atoms with Crippen molar-refractivity contribution in [3.05, 3.63) is 0 Å². The first-order valence-electron chi connectivity index (χ1n) is 9.15. The van der Waals surface area contributed by atoms with Crippen molar-refractivity contribution in [2.45, 2.75) is 58.5 Å². The molecule has 1 unspecified atom stereocenters. The van der Waals surface area contributed by atoms with Crippen LogP contribution in [0.4, 0.5) is 0 Å². The van der Waals surface area contributed by atoms with Gasteiger partial charge in [0.1, 0.15) is 5.60 Å². The predicted octanol–water partition coefficient (Wildman–Crippen LogP) is 0.958. The number of amides is 3. The van der Waals surface area contributed by atoms with E-state index in [1.54, 1.807) is 21.0 Å². The molecule has 1 heterocycles. The van der Waals surface area contributed by atoms with Gasteiger partial charge in [-0.3, -0.25) is 14.4 Å². The second-order valence-corrected chi connectivity index (χ2v) is 7.11. The number of methoxy groups -OCH3 is 1. The number of hydrogen-bond donors (Lipinski definition) is 1. The number of carbonyl (C=O) groups excluding carboxylic acids is 4. The topological polar surface area (TPSA) is 111 Å². The molecule has 0 aromatic heterocycles. The summed E-state index contributed by atoms with van der Waals surface area (Å²) in [4.78, 5) is 51.4. The zero-order chi connectivity index (χ0) is 20.4. The molecule has 1 N–H and O–H groups in total. The standard InChI is InChI=1S/C18H30N2O7/c1-13(12-25-4)9-11-26-18(2,3)17(24)19-10-5-6-16(23)27-20-14(21)7-8-15(20)22/h13H,5-12H2,1-4H3,(H,19,24). The molecule has 9 nitrogen and oxygen atoms in total. The van der Waals surface area contributed by atoms with Crippen LogP contribution < -0.4 is 5.32 Å². The second kappa shape index (κ2) is 11.0. The largest absolute Gasteiger partial charge is 0.384 e. The number of carbonyl (C=O) groups is 4. The highest BCUT2D eigenvalue weighted by atomic mass is 16.7. The smallest absolute Gasteiger partial charge is 0.333 e. The quantitative estimate of drug-likeness (QED) is 0.393. The Bertz CT molecular complexity index is 532. The Morgan fingerprint density at radius 3 is 2.44 bits per heavy atom. The fourth-order valence-corrected chi connectivity index (χ4v) is 2.40. The minimum atomic E-state index is -0.984. The molecule has 0 saturated carbocycles. The van der Waals surface area contributed by atoms with E-state index in [2.05, 4.69) is 5.32 Å². The highest BCUT2D eigenvalue weighted by Gasteiger charge is 2.32. The Kier molecular flexibility index (Phi) is 9.37. The molecule has 1 aliphatic rings. The van der Waals surface area contributed by atoms with Gasteiger partial charge in [-0.15, -0.1) is 5.06 Å². The van der Waals surface area contributed by atoms with Gasteiger partial charge in [-0.05, 0) is 32.6 Å². The van der Waals surface area contributed by atoms with Gasteiger partial charge in [-0.1, -0.05) is 6.92 Å². The van der Waals surface area contributed by atoms with Crippen LogP contribution in [0.1, 0.15) is 52.9 Å². The molecular formula is C18H30N2O7. The number of imide groups is 1. The van der Waals surface area contributed by atoms with Gasteiger partial charge in [0.2, 0.25) is 0 Å². The summed E-state index contributed by atoms with van der Waals surface area (Å²) in [5.41, 5.74) is -0.984. The lowest BCUT2D eigenvalue weighted by molar-refractivity contribution is -0.197. The number of hydrogen-bond acceptors (Lipinski definition) is 7. The van der Waals surface area contributed by atoms with E-state index in [0.717, 1.165) is 6.42 Å². The average molecular weight is 386 g/mol. The van der Waals surface area contributed by atoms with E-state index in [1.165, 1.54) is 0 Å². The van der Waals surface area contributed by atoms with Crippen LogP contribution in [0, 0.1) is 5.92 Å². The first-order valence-corrected chi connectivity index (χ1v) is 9.15. The van der Waals surface area contributed by atoms with E-state index in [9.17, 15) is 19.2 Å². The molecule has 1 rings (SSSR count). The van der Waals surface area contributed by atoms with Gasteiger partial charge in [0.25, 0.3) is 17.7 Å². The molecule has 0 spiro atoms. The molecule has 0 aromatic carbocycles. The Balaban J connectivity index is 2.22. The van der Waals surface area contributed by atoms with E-state index in [4.69, 9.17) is 14.3 Å². The van der Waals surface area contributed by atoms with Crippen LogP contribution in [0.3, 0.4) is 0 Å². The summed E-state index contributed by atoms with van der Waals surface area (Å²) in [6.45, 7) is 6.74. The molecule has 0 aromatic rings. The molecule has 3 amide bonds. The Morgan fingerprint density at radius 2 is 1.85 bits per heavy atom. The molecule has 0 aliphatic carbocycles. The maximum Gasteiger partial charge on any atom is 0.333 e. The fraction of sp³-hybridized carbons (Fsp3) is 0.778. The van der Waals surface area contributed by atoms with Crippen molar-refractivity contribution in [2.75, 3.05) is 26.9 Å².